The quantitative estimate of drug-likeness (QED) is 0.365. The van der Waals surface area contributed by atoms with Crippen LogP contribution < -0.4 is 22.3 Å². The lowest BCUT2D eigenvalue weighted by atomic mass is 10.1. The molecule has 2 heterocycles. The molecule has 5 N–H and O–H groups in total. The van der Waals surface area contributed by atoms with E-state index >= 15 is 0 Å². The number of aromatic nitrogens is 4. The molecule has 0 fully saturated rings. The van der Waals surface area contributed by atoms with E-state index in [1.54, 1.807) is 6.92 Å². The van der Waals surface area contributed by atoms with E-state index in [-0.39, 0.29) is 41.1 Å². The number of anilines is 3. The van der Waals surface area contributed by atoms with Gasteiger partial charge in [-0.3, -0.25) is 9.36 Å². The molecule has 4 rings (SSSR count). The first-order chi connectivity index (χ1) is 16.6. The molecule has 2 aromatic carbocycles. The van der Waals surface area contributed by atoms with Gasteiger partial charge in [-0.1, -0.05) is 6.92 Å². The summed E-state index contributed by atoms with van der Waals surface area (Å²) in [6, 6.07) is 4.51. The topological polar surface area (TPSA) is 149 Å². The zero-order valence-corrected chi connectivity index (χ0v) is 18.0. The summed E-state index contributed by atoms with van der Waals surface area (Å²) in [5.41, 5.74) is 9.52. The molecule has 9 nitrogen and oxygen atoms in total. The fourth-order valence-corrected chi connectivity index (χ4v) is 3.61. The SMILES string of the molecule is CC[C@H](Nc1nc(N)nc(N)c1C#N)c1nc2c(F)cc(F)cc2c(=O)n1-c1cc(F)cc(F)c1. The van der Waals surface area contributed by atoms with Crippen LogP contribution in [0.2, 0.25) is 0 Å². The zero-order chi connectivity index (χ0) is 25.4. The Morgan fingerprint density at radius 1 is 1.03 bits per heavy atom. The lowest BCUT2D eigenvalue weighted by Crippen LogP contribution is -2.29. The van der Waals surface area contributed by atoms with Crippen molar-refractivity contribution >= 4 is 28.5 Å². The normalized spacial score (nSPS) is 11.9. The van der Waals surface area contributed by atoms with E-state index < -0.39 is 45.8 Å². The minimum Gasteiger partial charge on any atom is -0.382 e. The van der Waals surface area contributed by atoms with E-state index in [0.717, 1.165) is 22.8 Å². The van der Waals surface area contributed by atoms with E-state index in [9.17, 15) is 27.6 Å². The Morgan fingerprint density at radius 3 is 2.31 bits per heavy atom. The fourth-order valence-electron chi connectivity index (χ4n) is 3.61. The van der Waals surface area contributed by atoms with Gasteiger partial charge in [-0.05, 0) is 24.6 Å². The lowest BCUT2D eigenvalue weighted by molar-refractivity contribution is 0.576. The summed E-state index contributed by atoms with van der Waals surface area (Å²) in [7, 11) is 0. The van der Waals surface area contributed by atoms with E-state index in [1.807, 2.05) is 6.07 Å². The van der Waals surface area contributed by atoms with E-state index in [2.05, 4.69) is 20.3 Å². The Kier molecular flexibility index (Phi) is 5.96. The predicted octanol–water partition coefficient (Wildman–Crippen LogP) is 3.33. The molecule has 0 saturated heterocycles. The predicted molar refractivity (Wildman–Crippen MR) is 119 cm³/mol. The van der Waals surface area contributed by atoms with Crippen LogP contribution in [0.1, 0.15) is 30.8 Å². The van der Waals surface area contributed by atoms with Crippen molar-refractivity contribution in [1.29, 1.82) is 5.26 Å². The molecule has 0 aliphatic carbocycles. The van der Waals surface area contributed by atoms with Crippen LogP contribution in [0.25, 0.3) is 16.6 Å². The van der Waals surface area contributed by atoms with Crippen LogP contribution in [0.5, 0.6) is 0 Å². The summed E-state index contributed by atoms with van der Waals surface area (Å²) in [4.78, 5) is 25.3. The number of benzene rings is 2. The van der Waals surface area contributed by atoms with Crippen LogP contribution in [0.15, 0.2) is 35.1 Å². The summed E-state index contributed by atoms with van der Waals surface area (Å²) >= 11 is 0. The number of nitrogens with one attached hydrogen (secondary N) is 1. The highest BCUT2D eigenvalue weighted by atomic mass is 19.1. The minimum atomic E-state index is -1.11. The molecule has 0 bridgehead atoms. The number of hydrogen-bond acceptors (Lipinski definition) is 8. The Balaban J connectivity index is 2.03. The molecule has 2 aromatic heterocycles. The second-order valence-electron chi connectivity index (χ2n) is 7.43. The molecule has 0 aliphatic rings. The van der Waals surface area contributed by atoms with Crippen LogP contribution in [0.3, 0.4) is 0 Å². The van der Waals surface area contributed by atoms with Gasteiger partial charge in [0.25, 0.3) is 5.56 Å². The second-order valence-corrected chi connectivity index (χ2v) is 7.43. The first-order valence-electron chi connectivity index (χ1n) is 10.1. The number of nitrogens with two attached hydrogens (primary N) is 2. The molecule has 1 atom stereocenters. The lowest BCUT2D eigenvalue weighted by Gasteiger charge is -2.23. The van der Waals surface area contributed by atoms with Gasteiger partial charge in [0.2, 0.25) is 5.95 Å². The molecule has 35 heavy (non-hydrogen) atoms. The molecule has 13 heteroatoms. The Labute approximate surface area is 194 Å². The standard InChI is InChI=1S/C22H16F4N8O/c1-2-16(30-19-14(8-27)18(28)32-22(29)33-19)20-31-17-13(6-11(25)7-15(17)26)21(35)34(20)12-4-9(23)3-10(24)5-12/h3-7,16H,2H2,1H3,(H5,28,29,30,32,33)/t16-/m0/s1. The van der Waals surface area contributed by atoms with Crippen molar-refractivity contribution in [3.63, 3.8) is 0 Å². The number of halogens is 4. The average Bonchev–Trinajstić information content (AvgIpc) is 2.77. The van der Waals surface area contributed by atoms with Gasteiger partial charge in [0, 0.05) is 12.1 Å². The van der Waals surface area contributed by atoms with Crippen molar-refractivity contribution in [1.82, 2.24) is 19.5 Å². The summed E-state index contributed by atoms with van der Waals surface area (Å²) < 4.78 is 57.4. The summed E-state index contributed by atoms with van der Waals surface area (Å²) in [6.07, 6.45) is 0.160. The smallest absolute Gasteiger partial charge is 0.266 e. The summed E-state index contributed by atoms with van der Waals surface area (Å²) in [5.74, 6) is -4.89. The average molecular weight is 484 g/mol. The number of nitriles is 1. The van der Waals surface area contributed by atoms with Crippen molar-refractivity contribution in [2.75, 3.05) is 16.8 Å². The van der Waals surface area contributed by atoms with Crippen LogP contribution in [0.4, 0.5) is 35.1 Å². The molecular weight excluding hydrogens is 468 g/mol. The van der Waals surface area contributed by atoms with Gasteiger partial charge < -0.3 is 16.8 Å². The Morgan fingerprint density at radius 2 is 1.69 bits per heavy atom. The maximum absolute atomic E-state index is 14.6. The monoisotopic (exact) mass is 484 g/mol. The second kappa shape index (κ2) is 8.90. The van der Waals surface area contributed by atoms with E-state index in [1.165, 1.54) is 0 Å². The largest absolute Gasteiger partial charge is 0.382 e. The van der Waals surface area contributed by atoms with Crippen LogP contribution in [-0.2, 0) is 0 Å². The van der Waals surface area contributed by atoms with Crippen molar-refractivity contribution in [2.45, 2.75) is 19.4 Å². The highest BCUT2D eigenvalue weighted by Gasteiger charge is 2.24. The first kappa shape index (κ1) is 23.4. The van der Waals surface area contributed by atoms with E-state index in [0.29, 0.717) is 12.1 Å². The Bertz CT molecular complexity index is 1560. The molecule has 178 valence electrons. The molecule has 0 spiro atoms. The third kappa shape index (κ3) is 4.29. The number of nitrogen functional groups attached to an aromatic ring is 2. The third-order valence-corrected chi connectivity index (χ3v) is 5.12. The number of fused-ring (bicyclic) bond motifs is 1. The van der Waals surface area contributed by atoms with Gasteiger partial charge in [0.1, 0.15) is 46.2 Å². The van der Waals surface area contributed by atoms with Gasteiger partial charge in [0.15, 0.2) is 11.6 Å². The molecule has 4 aromatic rings. The van der Waals surface area contributed by atoms with Crippen LogP contribution in [0, 0.1) is 34.6 Å². The maximum Gasteiger partial charge on any atom is 0.266 e. The van der Waals surface area contributed by atoms with Gasteiger partial charge in [-0.25, -0.2) is 22.5 Å². The highest BCUT2D eigenvalue weighted by molar-refractivity contribution is 5.79. The molecular formula is C22H16F4N8O. The van der Waals surface area contributed by atoms with E-state index in [4.69, 9.17) is 11.5 Å². The minimum absolute atomic E-state index is 0.102. The molecule has 0 saturated carbocycles. The van der Waals surface area contributed by atoms with Crippen LogP contribution in [-0.4, -0.2) is 19.5 Å². The highest BCUT2D eigenvalue weighted by Crippen LogP contribution is 2.28. The van der Waals surface area contributed by atoms with Crippen LogP contribution >= 0.6 is 0 Å². The van der Waals surface area contributed by atoms with Crippen molar-refractivity contribution < 1.29 is 17.6 Å². The van der Waals surface area contributed by atoms with Crippen molar-refractivity contribution in [3.8, 4) is 11.8 Å². The molecule has 0 unspecified atom stereocenters. The zero-order valence-electron chi connectivity index (χ0n) is 18.0. The van der Waals surface area contributed by atoms with Gasteiger partial charge in [-0.15, -0.1) is 0 Å². The van der Waals surface area contributed by atoms with Crippen molar-refractivity contribution in [3.05, 3.63) is 75.3 Å². The van der Waals surface area contributed by atoms with Gasteiger partial charge >= 0.3 is 0 Å². The fraction of sp³-hybridized carbons (Fsp3) is 0.136. The molecule has 0 radical (unpaired) electrons. The summed E-state index contributed by atoms with van der Waals surface area (Å²) in [5, 5.41) is 11.9. The van der Waals surface area contributed by atoms with Gasteiger partial charge in [-0.2, -0.15) is 15.2 Å². The number of rotatable bonds is 5. The third-order valence-electron chi connectivity index (χ3n) is 5.12. The first-order valence-corrected chi connectivity index (χ1v) is 10.1. The number of hydrogen-bond donors (Lipinski definition) is 3. The number of nitrogens with zero attached hydrogens (tertiary/aromatic N) is 5. The maximum atomic E-state index is 14.6. The molecule has 0 amide bonds. The van der Waals surface area contributed by atoms with Crippen molar-refractivity contribution in [2.24, 2.45) is 0 Å². The molecule has 0 aliphatic heterocycles. The Hall–Kier alpha value is -4.73. The summed E-state index contributed by atoms with van der Waals surface area (Å²) in [6.45, 7) is 1.66. The van der Waals surface area contributed by atoms with Gasteiger partial charge in [0.05, 0.1) is 17.1 Å².